The van der Waals surface area contributed by atoms with Crippen molar-refractivity contribution in [1.82, 2.24) is 0 Å². The lowest BCUT2D eigenvalue weighted by atomic mass is 10.0. The first-order valence-corrected chi connectivity index (χ1v) is 6.82. The Bertz CT molecular complexity index is 516. The third kappa shape index (κ3) is 2.21. The average Bonchev–Trinajstić information content (AvgIpc) is 2.88. The third-order valence-electron chi connectivity index (χ3n) is 4.03. The van der Waals surface area contributed by atoms with Crippen molar-refractivity contribution in [3.05, 3.63) is 23.8 Å². The number of amides is 1. The van der Waals surface area contributed by atoms with Gasteiger partial charge in [-0.05, 0) is 12.1 Å². The van der Waals surface area contributed by atoms with Gasteiger partial charge in [0, 0.05) is 25.9 Å². The minimum atomic E-state index is -0.500. The van der Waals surface area contributed by atoms with E-state index in [9.17, 15) is 4.79 Å². The van der Waals surface area contributed by atoms with Gasteiger partial charge >= 0.3 is 0 Å². The largest absolute Gasteiger partial charge is 0.396 e. The Hall–Kier alpha value is -1.79. The van der Waals surface area contributed by atoms with Crippen LogP contribution in [0.1, 0.15) is 23.2 Å². The summed E-state index contributed by atoms with van der Waals surface area (Å²) in [6.07, 6.45) is 1.60. The zero-order chi connectivity index (χ0) is 14.2. The van der Waals surface area contributed by atoms with Crippen molar-refractivity contribution >= 4 is 17.3 Å². The van der Waals surface area contributed by atoms with Crippen LogP contribution in [-0.4, -0.2) is 38.0 Å². The first kappa shape index (κ1) is 13.2. The highest BCUT2D eigenvalue weighted by atomic mass is 16.7. The summed E-state index contributed by atoms with van der Waals surface area (Å²) in [5, 5.41) is 0. The molecule has 1 aromatic carbocycles. The molecule has 0 aliphatic carbocycles. The molecular weight excluding hydrogens is 258 g/mol. The van der Waals surface area contributed by atoms with Gasteiger partial charge in [-0.2, -0.15) is 0 Å². The summed E-state index contributed by atoms with van der Waals surface area (Å²) in [6, 6.07) is 5.37. The SMILES string of the molecule is NC(=O)c1cccc(N2CCC3(CC2)OCCO3)c1N. The molecule has 6 nitrogen and oxygen atoms in total. The molecule has 2 aliphatic rings. The first-order chi connectivity index (χ1) is 9.61. The second kappa shape index (κ2) is 4.96. The molecule has 0 saturated carbocycles. The van der Waals surface area contributed by atoms with E-state index in [2.05, 4.69) is 4.90 Å². The van der Waals surface area contributed by atoms with Gasteiger partial charge in [0.05, 0.1) is 30.2 Å². The molecule has 0 radical (unpaired) electrons. The Morgan fingerprint density at radius 1 is 1.20 bits per heavy atom. The van der Waals surface area contributed by atoms with Crippen LogP contribution in [0.4, 0.5) is 11.4 Å². The number of carbonyl (C=O) groups excluding carboxylic acids is 1. The minimum absolute atomic E-state index is 0.371. The predicted octanol–water partition coefficient (Wildman–Crippen LogP) is 0.711. The Morgan fingerprint density at radius 2 is 1.85 bits per heavy atom. The van der Waals surface area contributed by atoms with Crippen molar-refractivity contribution < 1.29 is 14.3 Å². The van der Waals surface area contributed by atoms with Crippen LogP contribution in [0.25, 0.3) is 0 Å². The Balaban J connectivity index is 1.78. The second-order valence-corrected chi connectivity index (χ2v) is 5.20. The first-order valence-electron chi connectivity index (χ1n) is 6.82. The molecular formula is C14H19N3O3. The normalized spacial score (nSPS) is 21.3. The number of ether oxygens (including phenoxy) is 2. The number of nitrogens with zero attached hydrogens (tertiary/aromatic N) is 1. The fraction of sp³-hybridized carbons (Fsp3) is 0.500. The van der Waals surface area contributed by atoms with Gasteiger partial charge in [0.1, 0.15) is 0 Å². The van der Waals surface area contributed by atoms with Crippen molar-refractivity contribution in [2.24, 2.45) is 5.73 Å². The van der Waals surface area contributed by atoms with E-state index in [1.807, 2.05) is 6.07 Å². The number of rotatable bonds is 2. The molecule has 0 bridgehead atoms. The molecule has 2 fully saturated rings. The van der Waals surface area contributed by atoms with Gasteiger partial charge in [-0.15, -0.1) is 0 Å². The van der Waals surface area contributed by atoms with E-state index in [0.29, 0.717) is 24.5 Å². The summed E-state index contributed by atoms with van der Waals surface area (Å²) >= 11 is 0. The summed E-state index contributed by atoms with van der Waals surface area (Å²) in [7, 11) is 0. The molecule has 0 unspecified atom stereocenters. The summed E-state index contributed by atoms with van der Waals surface area (Å²) in [5.74, 6) is -0.910. The molecule has 3 rings (SSSR count). The second-order valence-electron chi connectivity index (χ2n) is 5.20. The zero-order valence-corrected chi connectivity index (χ0v) is 11.3. The summed E-state index contributed by atoms with van der Waals surface area (Å²) in [6.45, 7) is 2.90. The number of anilines is 2. The van der Waals surface area contributed by atoms with Crippen molar-refractivity contribution in [1.29, 1.82) is 0 Å². The number of piperidine rings is 1. The third-order valence-corrected chi connectivity index (χ3v) is 4.03. The van der Waals surface area contributed by atoms with Gasteiger partial charge in [-0.3, -0.25) is 4.79 Å². The van der Waals surface area contributed by atoms with Crippen LogP contribution in [0.15, 0.2) is 18.2 Å². The van der Waals surface area contributed by atoms with Crippen LogP contribution < -0.4 is 16.4 Å². The molecule has 4 N–H and O–H groups in total. The number of nitrogen functional groups attached to an aromatic ring is 1. The number of carbonyl (C=O) groups is 1. The highest BCUT2D eigenvalue weighted by Gasteiger charge is 2.40. The van der Waals surface area contributed by atoms with Crippen LogP contribution in [0.2, 0.25) is 0 Å². The smallest absolute Gasteiger partial charge is 0.250 e. The van der Waals surface area contributed by atoms with E-state index in [4.69, 9.17) is 20.9 Å². The van der Waals surface area contributed by atoms with Crippen molar-refractivity contribution in [3.8, 4) is 0 Å². The zero-order valence-electron chi connectivity index (χ0n) is 11.3. The summed E-state index contributed by atoms with van der Waals surface area (Å²) in [4.78, 5) is 13.5. The lowest BCUT2D eigenvalue weighted by Crippen LogP contribution is -2.45. The molecule has 1 spiro atoms. The number of hydrogen-bond acceptors (Lipinski definition) is 5. The molecule has 2 aliphatic heterocycles. The van der Waals surface area contributed by atoms with Crippen molar-refractivity contribution in [2.45, 2.75) is 18.6 Å². The molecule has 20 heavy (non-hydrogen) atoms. The van der Waals surface area contributed by atoms with E-state index in [-0.39, 0.29) is 0 Å². The van der Waals surface area contributed by atoms with Crippen LogP contribution in [-0.2, 0) is 9.47 Å². The Labute approximate surface area is 117 Å². The molecule has 2 heterocycles. The topological polar surface area (TPSA) is 90.8 Å². The number of hydrogen-bond donors (Lipinski definition) is 2. The Morgan fingerprint density at radius 3 is 2.45 bits per heavy atom. The lowest BCUT2D eigenvalue weighted by molar-refractivity contribution is -0.169. The maximum absolute atomic E-state index is 11.3. The fourth-order valence-corrected chi connectivity index (χ4v) is 2.92. The molecule has 2 saturated heterocycles. The van der Waals surface area contributed by atoms with Gasteiger partial charge in [0.2, 0.25) is 0 Å². The van der Waals surface area contributed by atoms with Gasteiger partial charge in [-0.1, -0.05) is 6.07 Å². The van der Waals surface area contributed by atoms with Crippen LogP contribution in [0.3, 0.4) is 0 Å². The van der Waals surface area contributed by atoms with Crippen LogP contribution >= 0.6 is 0 Å². The number of nitrogens with two attached hydrogens (primary N) is 2. The standard InChI is InChI=1S/C14H19N3O3/c15-12-10(13(16)18)2-1-3-11(12)17-6-4-14(5-7-17)19-8-9-20-14/h1-3H,4-9,15H2,(H2,16,18). The molecule has 1 aromatic rings. The average molecular weight is 277 g/mol. The van der Waals surface area contributed by atoms with E-state index >= 15 is 0 Å². The monoisotopic (exact) mass is 277 g/mol. The quantitative estimate of drug-likeness (QED) is 0.777. The van der Waals surface area contributed by atoms with Gasteiger partial charge in [-0.25, -0.2) is 0 Å². The number of benzene rings is 1. The lowest BCUT2D eigenvalue weighted by Gasteiger charge is -2.39. The molecule has 108 valence electrons. The number of primary amides is 1. The minimum Gasteiger partial charge on any atom is -0.396 e. The summed E-state index contributed by atoms with van der Waals surface area (Å²) in [5.41, 5.74) is 13.1. The van der Waals surface area contributed by atoms with E-state index in [1.54, 1.807) is 12.1 Å². The maximum atomic E-state index is 11.3. The molecule has 0 aromatic heterocycles. The van der Waals surface area contributed by atoms with Crippen molar-refractivity contribution in [2.75, 3.05) is 36.9 Å². The molecule has 1 amide bonds. The van der Waals surface area contributed by atoms with E-state index < -0.39 is 11.7 Å². The summed E-state index contributed by atoms with van der Waals surface area (Å²) < 4.78 is 11.4. The van der Waals surface area contributed by atoms with E-state index in [1.165, 1.54) is 0 Å². The predicted molar refractivity (Wildman–Crippen MR) is 75.5 cm³/mol. The highest BCUT2D eigenvalue weighted by molar-refractivity contribution is 6.00. The maximum Gasteiger partial charge on any atom is 0.250 e. The molecule has 0 atom stereocenters. The van der Waals surface area contributed by atoms with Crippen molar-refractivity contribution in [3.63, 3.8) is 0 Å². The van der Waals surface area contributed by atoms with Gasteiger partial charge in [0.15, 0.2) is 5.79 Å². The van der Waals surface area contributed by atoms with Crippen LogP contribution in [0, 0.1) is 0 Å². The molecule has 6 heteroatoms. The van der Waals surface area contributed by atoms with E-state index in [0.717, 1.165) is 31.6 Å². The number of para-hydroxylation sites is 1. The van der Waals surface area contributed by atoms with Gasteiger partial charge in [0.25, 0.3) is 5.91 Å². The highest BCUT2D eigenvalue weighted by Crippen LogP contribution is 2.35. The van der Waals surface area contributed by atoms with Crippen LogP contribution in [0.5, 0.6) is 0 Å². The fourth-order valence-electron chi connectivity index (χ4n) is 2.92. The van der Waals surface area contributed by atoms with Gasteiger partial charge < -0.3 is 25.8 Å². The Kier molecular flexibility index (Phi) is 3.27.